The molecule has 2 aromatic carbocycles. The molecule has 1 N–H and O–H groups in total. The highest BCUT2D eigenvalue weighted by atomic mass is 79.9. The number of nitrogens with zero attached hydrogens (tertiary/aromatic N) is 2. The van der Waals surface area contributed by atoms with E-state index in [0.717, 1.165) is 10.0 Å². The van der Waals surface area contributed by atoms with Crippen LogP contribution >= 0.6 is 15.9 Å². The molecule has 5 heteroatoms. The second-order valence-corrected chi connectivity index (χ2v) is 7.49. The Kier molecular flexibility index (Phi) is 5.91. The molecule has 0 saturated carbocycles. The van der Waals surface area contributed by atoms with E-state index in [9.17, 15) is 10.0 Å². The Hall–Kier alpha value is -2.66. The van der Waals surface area contributed by atoms with E-state index >= 15 is 0 Å². The lowest BCUT2D eigenvalue weighted by molar-refractivity contribution is 0.317. The summed E-state index contributed by atoms with van der Waals surface area (Å²) >= 11 is 3.48. The van der Waals surface area contributed by atoms with Gasteiger partial charge >= 0.3 is 0 Å². The standard InChI is InChI=1S/C22H21BrN2O2/c1-15-5-3-4-6-19(15)20(16-7-9-18(23)10-8-16)14-21(24-27)17-11-12-25(2)22(26)13-17/h3-13,20,27H,14H2,1-2H3/b24-21+. The van der Waals surface area contributed by atoms with E-state index < -0.39 is 0 Å². The molecule has 0 bridgehead atoms. The Bertz CT molecular complexity index is 1020. The van der Waals surface area contributed by atoms with Crippen LogP contribution in [0.3, 0.4) is 0 Å². The van der Waals surface area contributed by atoms with Gasteiger partial charge in [0, 0.05) is 41.7 Å². The largest absolute Gasteiger partial charge is 0.411 e. The molecular weight excluding hydrogens is 404 g/mol. The fourth-order valence-electron chi connectivity index (χ4n) is 3.22. The van der Waals surface area contributed by atoms with Gasteiger partial charge in [0.25, 0.3) is 5.56 Å². The summed E-state index contributed by atoms with van der Waals surface area (Å²) < 4.78 is 2.50. The molecule has 1 heterocycles. The second-order valence-electron chi connectivity index (χ2n) is 6.58. The van der Waals surface area contributed by atoms with Crippen molar-refractivity contribution in [2.45, 2.75) is 19.3 Å². The predicted molar refractivity (Wildman–Crippen MR) is 112 cm³/mol. The lowest BCUT2D eigenvalue weighted by Crippen LogP contribution is -2.18. The minimum Gasteiger partial charge on any atom is -0.411 e. The molecule has 27 heavy (non-hydrogen) atoms. The molecule has 1 aromatic heterocycles. The number of benzene rings is 2. The van der Waals surface area contributed by atoms with Crippen LogP contribution in [0.2, 0.25) is 0 Å². The van der Waals surface area contributed by atoms with E-state index in [-0.39, 0.29) is 11.5 Å². The summed E-state index contributed by atoms with van der Waals surface area (Å²) in [4.78, 5) is 12.0. The molecule has 4 nitrogen and oxygen atoms in total. The fourth-order valence-corrected chi connectivity index (χ4v) is 3.48. The highest BCUT2D eigenvalue weighted by Crippen LogP contribution is 2.32. The van der Waals surface area contributed by atoms with Crippen molar-refractivity contribution in [2.24, 2.45) is 12.2 Å². The maximum atomic E-state index is 12.0. The summed E-state index contributed by atoms with van der Waals surface area (Å²) in [6, 6.07) is 19.7. The first-order valence-electron chi connectivity index (χ1n) is 8.68. The Labute approximate surface area is 166 Å². The van der Waals surface area contributed by atoms with Crippen molar-refractivity contribution in [3.05, 3.63) is 104 Å². The number of halogens is 1. The fraction of sp³-hybridized carbons (Fsp3) is 0.182. The number of pyridine rings is 1. The molecule has 0 radical (unpaired) electrons. The molecule has 0 saturated heterocycles. The molecule has 0 spiro atoms. The lowest BCUT2D eigenvalue weighted by Gasteiger charge is -2.21. The van der Waals surface area contributed by atoms with Gasteiger partial charge in [0.15, 0.2) is 0 Å². The third-order valence-electron chi connectivity index (χ3n) is 4.79. The maximum absolute atomic E-state index is 12.0. The summed E-state index contributed by atoms with van der Waals surface area (Å²) in [5.41, 5.74) is 4.46. The van der Waals surface area contributed by atoms with Crippen molar-refractivity contribution in [3.8, 4) is 0 Å². The van der Waals surface area contributed by atoms with Crippen molar-refractivity contribution >= 4 is 21.6 Å². The summed E-state index contributed by atoms with van der Waals surface area (Å²) in [5.74, 6) is 0.00857. The zero-order valence-electron chi connectivity index (χ0n) is 15.3. The van der Waals surface area contributed by atoms with Crippen LogP contribution in [0.1, 0.15) is 34.6 Å². The number of hydrogen-bond donors (Lipinski definition) is 1. The molecular formula is C22H21BrN2O2. The highest BCUT2D eigenvalue weighted by molar-refractivity contribution is 9.10. The molecule has 0 aliphatic heterocycles. The lowest BCUT2D eigenvalue weighted by atomic mass is 9.83. The van der Waals surface area contributed by atoms with Gasteiger partial charge in [-0.2, -0.15) is 0 Å². The first-order chi connectivity index (χ1) is 13.0. The molecule has 0 aliphatic carbocycles. The van der Waals surface area contributed by atoms with Crippen LogP contribution < -0.4 is 5.56 Å². The second kappa shape index (κ2) is 8.35. The van der Waals surface area contributed by atoms with Crippen LogP contribution in [0.25, 0.3) is 0 Å². The van der Waals surface area contributed by atoms with Crippen LogP contribution in [0.15, 0.2) is 81.3 Å². The molecule has 1 unspecified atom stereocenters. The van der Waals surface area contributed by atoms with Gasteiger partial charge in [0.1, 0.15) is 0 Å². The summed E-state index contributed by atoms with van der Waals surface area (Å²) in [6.45, 7) is 2.08. The SMILES string of the molecule is Cc1ccccc1C(C/C(=N\O)c1ccn(C)c(=O)c1)c1ccc(Br)cc1. The van der Waals surface area contributed by atoms with Crippen LogP contribution in [0.5, 0.6) is 0 Å². The molecule has 1 atom stereocenters. The zero-order chi connectivity index (χ0) is 19.4. The van der Waals surface area contributed by atoms with Crippen molar-refractivity contribution in [1.82, 2.24) is 4.57 Å². The van der Waals surface area contributed by atoms with Crippen molar-refractivity contribution in [1.29, 1.82) is 0 Å². The highest BCUT2D eigenvalue weighted by Gasteiger charge is 2.20. The minimum atomic E-state index is -0.135. The molecule has 0 aliphatic rings. The quantitative estimate of drug-likeness (QED) is 0.361. The third-order valence-corrected chi connectivity index (χ3v) is 5.32. The smallest absolute Gasteiger partial charge is 0.250 e. The third kappa shape index (κ3) is 4.37. The predicted octanol–water partition coefficient (Wildman–Crippen LogP) is 4.86. The minimum absolute atomic E-state index is 0.00857. The average Bonchev–Trinajstić information content (AvgIpc) is 2.67. The van der Waals surface area contributed by atoms with Crippen molar-refractivity contribution in [3.63, 3.8) is 0 Å². The van der Waals surface area contributed by atoms with Gasteiger partial charge in [-0.1, -0.05) is 57.5 Å². The Morgan fingerprint density at radius 3 is 2.48 bits per heavy atom. The number of oxime groups is 1. The molecule has 0 fully saturated rings. The van der Waals surface area contributed by atoms with Crippen LogP contribution in [0.4, 0.5) is 0 Å². The topological polar surface area (TPSA) is 54.6 Å². The molecule has 3 rings (SSSR count). The average molecular weight is 425 g/mol. The summed E-state index contributed by atoms with van der Waals surface area (Å²) in [6.07, 6.45) is 2.17. The van der Waals surface area contributed by atoms with Gasteiger partial charge in [-0.05, 0) is 41.8 Å². The van der Waals surface area contributed by atoms with Gasteiger partial charge < -0.3 is 9.77 Å². The number of rotatable bonds is 5. The molecule has 3 aromatic rings. The number of hydrogen-bond acceptors (Lipinski definition) is 3. The first kappa shape index (κ1) is 19.1. The van der Waals surface area contributed by atoms with Gasteiger partial charge in [0.2, 0.25) is 0 Å². The van der Waals surface area contributed by atoms with E-state index in [2.05, 4.69) is 52.3 Å². The van der Waals surface area contributed by atoms with Crippen LogP contribution in [-0.4, -0.2) is 15.5 Å². The van der Waals surface area contributed by atoms with Crippen molar-refractivity contribution < 1.29 is 5.21 Å². The van der Waals surface area contributed by atoms with Gasteiger partial charge in [-0.3, -0.25) is 4.79 Å². The van der Waals surface area contributed by atoms with Gasteiger partial charge in [0.05, 0.1) is 5.71 Å². The Morgan fingerprint density at radius 2 is 1.85 bits per heavy atom. The Balaban J connectivity index is 2.04. The molecule has 0 amide bonds. The van der Waals surface area contributed by atoms with E-state index in [4.69, 9.17) is 0 Å². The summed E-state index contributed by atoms with van der Waals surface area (Å²) in [7, 11) is 1.69. The van der Waals surface area contributed by atoms with E-state index in [0.29, 0.717) is 17.7 Å². The Morgan fingerprint density at radius 1 is 1.15 bits per heavy atom. The van der Waals surface area contributed by atoms with Gasteiger partial charge in [-0.15, -0.1) is 0 Å². The van der Waals surface area contributed by atoms with E-state index in [1.807, 2.05) is 24.3 Å². The van der Waals surface area contributed by atoms with E-state index in [1.54, 1.807) is 19.3 Å². The maximum Gasteiger partial charge on any atom is 0.250 e. The zero-order valence-corrected chi connectivity index (χ0v) is 16.8. The van der Waals surface area contributed by atoms with Crippen molar-refractivity contribution in [2.75, 3.05) is 0 Å². The van der Waals surface area contributed by atoms with Gasteiger partial charge in [-0.25, -0.2) is 0 Å². The number of aromatic nitrogens is 1. The van der Waals surface area contributed by atoms with Crippen LogP contribution in [-0.2, 0) is 7.05 Å². The number of aryl methyl sites for hydroxylation is 2. The summed E-state index contributed by atoms with van der Waals surface area (Å²) in [5, 5.41) is 13.2. The van der Waals surface area contributed by atoms with E-state index in [1.165, 1.54) is 21.8 Å². The molecule has 138 valence electrons. The monoisotopic (exact) mass is 424 g/mol. The normalized spacial score (nSPS) is 12.8. The van der Waals surface area contributed by atoms with Crippen LogP contribution in [0, 0.1) is 6.92 Å². The first-order valence-corrected chi connectivity index (χ1v) is 9.48.